The quantitative estimate of drug-likeness (QED) is 0.475. The molecule has 0 unspecified atom stereocenters. The highest BCUT2D eigenvalue weighted by atomic mass is 35.5. The number of ether oxygens (including phenoxy) is 1. The van der Waals surface area contributed by atoms with Crippen LogP contribution in [0.3, 0.4) is 0 Å². The van der Waals surface area contributed by atoms with Crippen LogP contribution in [-0.4, -0.2) is 11.6 Å². The number of pyridine rings is 1. The second-order valence-electron chi connectivity index (χ2n) is 2.69. The molecule has 0 radical (unpaired) electrons. The predicted octanol–water partition coefficient (Wildman–Crippen LogP) is 2.11. The van der Waals surface area contributed by atoms with E-state index in [1.165, 1.54) is 0 Å². The van der Waals surface area contributed by atoms with E-state index >= 15 is 0 Å². The summed E-state index contributed by atoms with van der Waals surface area (Å²) in [6, 6.07) is 3.86. The highest BCUT2D eigenvalue weighted by molar-refractivity contribution is 6.29. The maximum absolute atomic E-state index is 5.76. The van der Waals surface area contributed by atoms with Crippen molar-refractivity contribution in [3.05, 3.63) is 28.5 Å². The van der Waals surface area contributed by atoms with Crippen LogP contribution in [0.5, 0.6) is 0 Å². The molecule has 1 saturated heterocycles. The number of aromatic nitrogens is 1. The first-order chi connectivity index (χ1) is 5.25. The molecule has 0 aliphatic carbocycles. The molecule has 1 aliphatic heterocycles. The van der Waals surface area contributed by atoms with Crippen molar-refractivity contribution in [2.75, 3.05) is 6.61 Å². The Hall–Kier alpha value is -0.600. The summed E-state index contributed by atoms with van der Waals surface area (Å²) in [5.74, 6) is 0. The molecule has 1 aliphatic rings. The van der Waals surface area contributed by atoms with Crippen LogP contribution < -0.4 is 0 Å². The summed E-state index contributed by atoms with van der Waals surface area (Å²) in [5.41, 5.74) is 2.09. The zero-order chi connectivity index (χ0) is 7.84. The molecular formula is C8H8ClNO. The highest BCUT2D eigenvalue weighted by Gasteiger charge is 2.25. The highest BCUT2D eigenvalue weighted by Crippen LogP contribution is 2.30. The third kappa shape index (κ3) is 1.52. The molecule has 1 aromatic heterocycles. The molecule has 0 aromatic carbocycles. The van der Waals surface area contributed by atoms with Crippen molar-refractivity contribution in [3.8, 4) is 0 Å². The molecule has 1 atom stereocenters. The summed E-state index contributed by atoms with van der Waals surface area (Å²) in [7, 11) is 0. The van der Waals surface area contributed by atoms with E-state index < -0.39 is 0 Å². The first-order valence-electron chi connectivity index (χ1n) is 3.51. The Balaban J connectivity index is 2.39. The Morgan fingerprint density at radius 1 is 1.64 bits per heavy atom. The Bertz CT molecular complexity index is 263. The molecule has 2 rings (SSSR count). The van der Waals surface area contributed by atoms with Gasteiger partial charge >= 0.3 is 0 Å². The van der Waals surface area contributed by atoms with Crippen molar-refractivity contribution in [1.82, 2.24) is 4.98 Å². The van der Waals surface area contributed by atoms with Gasteiger partial charge in [0.15, 0.2) is 0 Å². The molecule has 3 heteroatoms. The number of aryl methyl sites for hydroxylation is 1. The summed E-state index contributed by atoms with van der Waals surface area (Å²) in [6.45, 7) is 2.75. The molecular weight excluding hydrogens is 162 g/mol. The number of halogens is 1. The van der Waals surface area contributed by atoms with E-state index in [0.29, 0.717) is 5.15 Å². The fourth-order valence-electron chi connectivity index (χ4n) is 1.08. The molecule has 0 bridgehead atoms. The van der Waals surface area contributed by atoms with Crippen LogP contribution in [0, 0.1) is 6.92 Å². The van der Waals surface area contributed by atoms with Crippen LogP contribution in [0.25, 0.3) is 0 Å². The van der Waals surface area contributed by atoms with Gasteiger partial charge in [-0.1, -0.05) is 11.6 Å². The topological polar surface area (TPSA) is 25.4 Å². The first kappa shape index (κ1) is 7.07. The maximum Gasteiger partial charge on any atom is 0.129 e. The van der Waals surface area contributed by atoms with E-state index in [1.807, 2.05) is 19.1 Å². The Morgan fingerprint density at radius 3 is 2.91 bits per heavy atom. The average molecular weight is 170 g/mol. The lowest BCUT2D eigenvalue weighted by Crippen LogP contribution is -1.86. The molecule has 0 N–H and O–H groups in total. The van der Waals surface area contributed by atoms with Gasteiger partial charge in [-0.05, 0) is 24.6 Å². The molecule has 58 valence electrons. The van der Waals surface area contributed by atoms with Gasteiger partial charge in [-0.2, -0.15) is 0 Å². The summed E-state index contributed by atoms with van der Waals surface area (Å²) >= 11 is 5.76. The van der Waals surface area contributed by atoms with Gasteiger partial charge in [0.1, 0.15) is 11.3 Å². The second kappa shape index (κ2) is 2.47. The Labute approximate surface area is 70.2 Å². The van der Waals surface area contributed by atoms with Gasteiger partial charge in [0.2, 0.25) is 0 Å². The smallest absolute Gasteiger partial charge is 0.129 e. The van der Waals surface area contributed by atoms with E-state index in [-0.39, 0.29) is 6.10 Å². The van der Waals surface area contributed by atoms with E-state index in [1.54, 1.807) is 0 Å². The van der Waals surface area contributed by atoms with Crippen molar-refractivity contribution in [1.29, 1.82) is 0 Å². The number of hydrogen-bond donors (Lipinski definition) is 0. The SMILES string of the molecule is Cc1cc([C@H]2CO2)cc(Cl)n1. The standard InChI is InChI=1S/C8H8ClNO/c1-5-2-6(7-4-11-7)3-8(9)10-5/h2-3,7H,4H2,1H3/t7-/m1/s1. The molecule has 2 heterocycles. The lowest BCUT2D eigenvalue weighted by atomic mass is 10.2. The fourth-order valence-corrected chi connectivity index (χ4v) is 1.34. The molecule has 1 aromatic rings. The van der Waals surface area contributed by atoms with Crippen molar-refractivity contribution in [2.45, 2.75) is 13.0 Å². The summed E-state index contributed by atoms with van der Waals surface area (Å²) in [6.07, 6.45) is 0.272. The zero-order valence-electron chi connectivity index (χ0n) is 6.17. The average Bonchev–Trinajstić information content (AvgIpc) is 2.64. The van der Waals surface area contributed by atoms with Crippen LogP contribution >= 0.6 is 11.6 Å². The number of rotatable bonds is 1. The molecule has 0 spiro atoms. The normalized spacial score (nSPS) is 21.8. The van der Waals surface area contributed by atoms with Gasteiger partial charge in [-0.25, -0.2) is 4.98 Å². The first-order valence-corrected chi connectivity index (χ1v) is 3.89. The summed E-state index contributed by atoms with van der Waals surface area (Å²) in [4.78, 5) is 4.05. The van der Waals surface area contributed by atoms with E-state index in [9.17, 15) is 0 Å². The number of epoxide rings is 1. The van der Waals surface area contributed by atoms with Crippen molar-refractivity contribution >= 4 is 11.6 Å². The van der Waals surface area contributed by atoms with Gasteiger partial charge in [0.05, 0.1) is 6.61 Å². The number of hydrogen-bond acceptors (Lipinski definition) is 2. The molecule has 11 heavy (non-hydrogen) atoms. The van der Waals surface area contributed by atoms with Crippen molar-refractivity contribution in [3.63, 3.8) is 0 Å². The van der Waals surface area contributed by atoms with Gasteiger partial charge < -0.3 is 4.74 Å². The van der Waals surface area contributed by atoms with Crippen molar-refractivity contribution in [2.24, 2.45) is 0 Å². The predicted molar refractivity (Wildman–Crippen MR) is 42.7 cm³/mol. The largest absolute Gasteiger partial charge is 0.368 e. The lowest BCUT2D eigenvalue weighted by Gasteiger charge is -1.97. The van der Waals surface area contributed by atoms with Gasteiger partial charge in [0.25, 0.3) is 0 Å². The van der Waals surface area contributed by atoms with Crippen LogP contribution in [0.1, 0.15) is 17.4 Å². The molecule has 0 saturated carbocycles. The maximum atomic E-state index is 5.76. The van der Waals surface area contributed by atoms with Crippen LogP contribution in [0.15, 0.2) is 12.1 Å². The fraction of sp³-hybridized carbons (Fsp3) is 0.375. The summed E-state index contributed by atoms with van der Waals surface area (Å²) < 4.78 is 5.12. The Morgan fingerprint density at radius 2 is 2.36 bits per heavy atom. The third-order valence-corrected chi connectivity index (χ3v) is 1.84. The van der Waals surface area contributed by atoms with E-state index in [0.717, 1.165) is 17.9 Å². The van der Waals surface area contributed by atoms with Crippen molar-refractivity contribution < 1.29 is 4.74 Å². The minimum absolute atomic E-state index is 0.272. The molecule has 0 amide bonds. The second-order valence-corrected chi connectivity index (χ2v) is 3.07. The van der Waals surface area contributed by atoms with Crippen LogP contribution in [-0.2, 0) is 4.74 Å². The number of nitrogens with zero attached hydrogens (tertiary/aromatic N) is 1. The van der Waals surface area contributed by atoms with Crippen LogP contribution in [0.2, 0.25) is 5.15 Å². The monoisotopic (exact) mass is 169 g/mol. The third-order valence-electron chi connectivity index (χ3n) is 1.65. The van der Waals surface area contributed by atoms with Crippen LogP contribution in [0.4, 0.5) is 0 Å². The zero-order valence-corrected chi connectivity index (χ0v) is 6.93. The lowest BCUT2D eigenvalue weighted by molar-refractivity contribution is 0.415. The van der Waals surface area contributed by atoms with E-state index in [4.69, 9.17) is 16.3 Å². The molecule has 2 nitrogen and oxygen atoms in total. The minimum atomic E-state index is 0.272. The summed E-state index contributed by atoms with van der Waals surface area (Å²) in [5, 5.41) is 0.551. The van der Waals surface area contributed by atoms with Gasteiger partial charge in [0, 0.05) is 5.69 Å². The van der Waals surface area contributed by atoms with Gasteiger partial charge in [-0.3, -0.25) is 0 Å². The minimum Gasteiger partial charge on any atom is -0.368 e. The van der Waals surface area contributed by atoms with Gasteiger partial charge in [-0.15, -0.1) is 0 Å². The Kier molecular flexibility index (Phi) is 1.59. The molecule has 1 fully saturated rings. The van der Waals surface area contributed by atoms with E-state index in [2.05, 4.69) is 4.98 Å².